The Morgan fingerprint density at radius 3 is 2.81 bits per heavy atom. The Kier molecular flexibility index (Phi) is 4.76. The van der Waals surface area contributed by atoms with Crippen LogP contribution in [0.5, 0.6) is 0 Å². The van der Waals surface area contributed by atoms with Crippen LogP contribution in [0.1, 0.15) is 31.2 Å². The van der Waals surface area contributed by atoms with Gasteiger partial charge in [0.05, 0.1) is 0 Å². The van der Waals surface area contributed by atoms with Gasteiger partial charge in [-0.15, -0.1) is 0 Å². The fourth-order valence-corrected chi connectivity index (χ4v) is 2.94. The molecule has 0 bridgehead atoms. The number of piperidine rings is 1. The molecule has 4 nitrogen and oxygen atoms in total. The molecule has 21 heavy (non-hydrogen) atoms. The van der Waals surface area contributed by atoms with Crippen LogP contribution in [-0.2, 0) is 11.3 Å². The van der Waals surface area contributed by atoms with Crippen molar-refractivity contribution in [1.82, 2.24) is 10.2 Å². The van der Waals surface area contributed by atoms with Gasteiger partial charge in [-0.3, -0.25) is 0 Å². The highest BCUT2D eigenvalue weighted by Crippen LogP contribution is 2.30. The van der Waals surface area contributed by atoms with Crippen molar-refractivity contribution in [2.24, 2.45) is 5.92 Å². The summed E-state index contributed by atoms with van der Waals surface area (Å²) in [4.78, 5) is 14.4. The lowest BCUT2D eigenvalue weighted by atomic mass is 10.1. The highest BCUT2D eigenvalue weighted by Gasteiger charge is 2.28. The standard InChI is InChI=1S/C17H24N2O2/c20-17(21-13-15-5-2-1-3-6-15)18-16-7-4-10-19(12-16)11-14-8-9-14/h1-3,5-6,14,16H,4,7-13H2,(H,18,20). The molecule has 0 radical (unpaired) electrons. The fourth-order valence-electron chi connectivity index (χ4n) is 2.94. The molecule has 1 N–H and O–H groups in total. The molecule has 1 aromatic rings. The summed E-state index contributed by atoms with van der Waals surface area (Å²) >= 11 is 0. The minimum absolute atomic E-state index is 0.237. The molecule has 1 aliphatic carbocycles. The van der Waals surface area contributed by atoms with Crippen LogP contribution in [0.25, 0.3) is 0 Å². The normalized spacial score (nSPS) is 22.8. The van der Waals surface area contributed by atoms with Gasteiger partial charge in [0.1, 0.15) is 6.61 Å². The van der Waals surface area contributed by atoms with Gasteiger partial charge < -0.3 is 15.0 Å². The molecule has 4 heteroatoms. The van der Waals surface area contributed by atoms with Crippen molar-refractivity contribution in [2.75, 3.05) is 19.6 Å². The predicted octanol–water partition coefficient (Wildman–Crippen LogP) is 2.79. The molecule has 1 heterocycles. The SMILES string of the molecule is O=C(NC1CCCN(CC2CC2)C1)OCc1ccccc1. The zero-order valence-electron chi connectivity index (χ0n) is 12.5. The average Bonchev–Trinajstić information content (AvgIpc) is 3.31. The summed E-state index contributed by atoms with van der Waals surface area (Å²) in [6.45, 7) is 3.69. The third kappa shape index (κ3) is 4.74. The summed E-state index contributed by atoms with van der Waals surface area (Å²) in [6.07, 6.45) is 4.69. The molecular formula is C17H24N2O2. The molecule has 1 saturated heterocycles. The lowest BCUT2D eigenvalue weighted by Crippen LogP contribution is -2.48. The minimum Gasteiger partial charge on any atom is -0.445 e. The van der Waals surface area contributed by atoms with Gasteiger partial charge in [0.15, 0.2) is 0 Å². The molecule has 1 aromatic carbocycles. The second kappa shape index (κ2) is 6.94. The molecular weight excluding hydrogens is 264 g/mol. The van der Waals surface area contributed by atoms with Crippen LogP contribution in [-0.4, -0.2) is 36.7 Å². The second-order valence-corrected chi connectivity index (χ2v) is 6.25. The van der Waals surface area contributed by atoms with E-state index >= 15 is 0 Å². The Labute approximate surface area is 126 Å². The summed E-state index contributed by atoms with van der Waals surface area (Å²) < 4.78 is 5.29. The van der Waals surface area contributed by atoms with Crippen molar-refractivity contribution < 1.29 is 9.53 Å². The third-order valence-corrected chi connectivity index (χ3v) is 4.25. The molecule has 0 spiro atoms. The van der Waals surface area contributed by atoms with Gasteiger partial charge in [-0.05, 0) is 43.7 Å². The maximum Gasteiger partial charge on any atom is 0.407 e. The number of amides is 1. The molecule has 2 fully saturated rings. The lowest BCUT2D eigenvalue weighted by molar-refractivity contribution is 0.123. The maximum atomic E-state index is 11.9. The van der Waals surface area contributed by atoms with Crippen molar-refractivity contribution >= 4 is 6.09 Å². The van der Waals surface area contributed by atoms with E-state index in [9.17, 15) is 4.79 Å². The Hall–Kier alpha value is -1.55. The van der Waals surface area contributed by atoms with E-state index in [1.165, 1.54) is 25.9 Å². The Morgan fingerprint density at radius 1 is 1.24 bits per heavy atom. The number of nitrogens with zero attached hydrogens (tertiary/aromatic N) is 1. The fraction of sp³-hybridized carbons (Fsp3) is 0.588. The molecule has 1 amide bonds. The van der Waals surface area contributed by atoms with Gasteiger partial charge in [0, 0.05) is 19.1 Å². The molecule has 2 aliphatic rings. The average molecular weight is 288 g/mol. The minimum atomic E-state index is -0.294. The predicted molar refractivity (Wildman–Crippen MR) is 81.9 cm³/mol. The number of ether oxygens (including phenoxy) is 1. The summed E-state index contributed by atoms with van der Waals surface area (Å²) in [5, 5.41) is 3.01. The molecule has 1 unspecified atom stereocenters. The number of likely N-dealkylation sites (tertiary alicyclic amines) is 1. The number of nitrogens with one attached hydrogen (secondary N) is 1. The number of carbonyl (C=O) groups excluding carboxylic acids is 1. The molecule has 0 aromatic heterocycles. The van der Waals surface area contributed by atoms with E-state index in [4.69, 9.17) is 4.74 Å². The van der Waals surface area contributed by atoms with Crippen LogP contribution >= 0.6 is 0 Å². The van der Waals surface area contributed by atoms with Crippen LogP contribution in [0.3, 0.4) is 0 Å². The number of hydrogen-bond donors (Lipinski definition) is 1. The van der Waals surface area contributed by atoms with E-state index in [0.717, 1.165) is 30.9 Å². The summed E-state index contributed by atoms with van der Waals surface area (Å²) in [5.74, 6) is 0.911. The molecule has 114 valence electrons. The van der Waals surface area contributed by atoms with Crippen molar-refractivity contribution in [3.05, 3.63) is 35.9 Å². The van der Waals surface area contributed by atoms with Crippen LogP contribution in [0.4, 0.5) is 4.79 Å². The first-order valence-corrected chi connectivity index (χ1v) is 7.99. The number of alkyl carbamates (subject to hydrolysis) is 1. The van der Waals surface area contributed by atoms with Gasteiger partial charge in [0.25, 0.3) is 0 Å². The lowest BCUT2D eigenvalue weighted by Gasteiger charge is -2.32. The van der Waals surface area contributed by atoms with E-state index in [2.05, 4.69) is 10.2 Å². The zero-order chi connectivity index (χ0) is 14.5. The number of rotatable bonds is 5. The summed E-state index contributed by atoms with van der Waals surface area (Å²) in [7, 11) is 0. The van der Waals surface area contributed by atoms with E-state index in [1.54, 1.807) is 0 Å². The first-order valence-electron chi connectivity index (χ1n) is 7.99. The van der Waals surface area contributed by atoms with Gasteiger partial charge >= 0.3 is 6.09 Å². The number of hydrogen-bond acceptors (Lipinski definition) is 3. The summed E-state index contributed by atoms with van der Waals surface area (Å²) in [5.41, 5.74) is 1.02. The molecule has 1 saturated carbocycles. The van der Waals surface area contributed by atoms with Crippen molar-refractivity contribution in [3.63, 3.8) is 0 Å². The van der Waals surface area contributed by atoms with E-state index in [0.29, 0.717) is 6.61 Å². The Balaban J connectivity index is 1.39. The van der Waals surface area contributed by atoms with Crippen LogP contribution < -0.4 is 5.32 Å². The molecule has 1 aliphatic heterocycles. The van der Waals surface area contributed by atoms with Gasteiger partial charge in [-0.2, -0.15) is 0 Å². The largest absolute Gasteiger partial charge is 0.445 e. The third-order valence-electron chi connectivity index (χ3n) is 4.25. The van der Waals surface area contributed by atoms with E-state index in [-0.39, 0.29) is 12.1 Å². The maximum absolute atomic E-state index is 11.9. The second-order valence-electron chi connectivity index (χ2n) is 6.25. The van der Waals surface area contributed by atoms with Gasteiger partial charge in [-0.1, -0.05) is 30.3 Å². The highest BCUT2D eigenvalue weighted by atomic mass is 16.5. The van der Waals surface area contributed by atoms with E-state index in [1.807, 2.05) is 30.3 Å². The Morgan fingerprint density at radius 2 is 2.05 bits per heavy atom. The monoisotopic (exact) mass is 288 g/mol. The molecule has 1 atom stereocenters. The highest BCUT2D eigenvalue weighted by molar-refractivity contribution is 5.67. The van der Waals surface area contributed by atoms with Crippen LogP contribution in [0.2, 0.25) is 0 Å². The smallest absolute Gasteiger partial charge is 0.407 e. The van der Waals surface area contributed by atoms with Crippen LogP contribution in [0.15, 0.2) is 30.3 Å². The van der Waals surface area contributed by atoms with Gasteiger partial charge in [-0.25, -0.2) is 4.79 Å². The first-order chi connectivity index (χ1) is 10.3. The Bertz CT molecular complexity index is 459. The first kappa shape index (κ1) is 14.4. The van der Waals surface area contributed by atoms with Crippen molar-refractivity contribution in [1.29, 1.82) is 0 Å². The van der Waals surface area contributed by atoms with Gasteiger partial charge in [0.2, 0.25) is 0 Å². The quantitative estimate of drug-likeness (QED) is 0.906. The van der Waals surface area contributed by atoms with Crippen molar-refractivity contribution in [2.45, 2.75) is 38.3 Å². The topological polar surface area (TPSA) is 41.6 Å². The van der Waals surface area contributed by atoms with Crippen molar-refractivity contribution in [3.8, 4) is 0 Å². The van der Waals surface area contributed by atoms with E-state index < -0.39 is 0 Å². The summed E-state index contributed by atoms with van der Waals surface area (Å²) in [6, 6.07) is 10.0. The number of benzene rings is 1. The molecule has 3 rings (SSSR count). The number of carbonyl (C=O) groups is 1. The van der Waals surface area contributed by atoms with Crippen LogP contribution in [0, 0.1) is 5.92 Å². The zero-order valence-corrected chi connectivity index (χ0v) is 12.5.